The number of ether oxygens (including phenoxy) is 2. The highest BCUT2D eigenvalue weighted by Crippen LogP contribution is 2.50. The van der Waals surface area contributed by atoms with Crippen molar-refractivity contribution in [1.82, 2.24) is 5.32 Å². The Hall–Kier alpha value is -3.00. The average Bonchev–Trinajstić information content (AvgIpc) is 3.21. The molecule has 0 amide bonds. The number of aliphatic hydroxyl groups excluding tert-OH is 1. The van der Waals surface area contributed by atoms with Crippen molar-refractivity contribution in [3.63, 3.8) is 0 Å². The molecule has 1 heterocycles. The normalized spacial score (nSPS) is 16.3. The second kappa shape index (κ2) is 10.3. The van der Waals surface area contributed by atoms with Crippen LogP contribution in [0.2, 0.25) is 5.02 Å². The molecule has 174 valence electrons. The second-order valence-corrected chi connectivity index (χ2v) is 7.74. The number of nitrogens with one attached hydrogen (secondary N) is 1. The lowest BCUT2D eigenvalue weighted by Crippen LogP contribution is -2.41. The van der Waals surface area contributed by atoms with Crippen molar-refractivity contribution in [2.45, 2.75) is 12.0 Å². The van der Waals surface area contributed by atoms with E-state index >= 15 is 4.39 Å². The summed E-state index contributed by atoms with van der Waals surface area (Å²) in [5.74, 6) is -1.36. The van der Waals surface area contributed by atoms with Gasteiger partial charge >= 0.3 is 0 Å². The van der Waals surface area contributed by atoms with Crippen LogP contribution in [0.25, 0.3) is 11.1 Å². The minimum Gasteiger partial charge on any atom is -0.494 e. The van der Waals surface area contributed by atoms with Crippen LogP contribution >= 0.6 is 11.6 Å². The smallest absolute Gasteiger partial charge is 0.173 e. The average molecular weight is 476 g/mol. The summed E-state index contributed by atoms with van der Waals surface area (Å²) in [6.45, 7) is 0.422. The number of hydrogen-bond acceptors (Lipinski definition) is 5. The van der Waals surface area contributed by atoms with E-state index in [1.54, 1.807) is 7.05 Å². The highest BCUT2D eigenvalue weighted by atomic mass is 35.5. The molecular formula is C25H24ClF2NO4. The van der Waals surface area contributed by atoms with Crippen molar-refractivity contribution < 1.29 is 28.2 Å². The Kier molecular flexibility index (Phi) is 7.68. The van der Waals surface area contributed by atoms with Crippen LogP contribution in [-0.2, 0) is 12.0 Å². The van der Waals surface area contributed by atoms with Crippen LogP contribution < -0.4 is 14.8 Å². The third-order valence-electron chi connectivity index (χ3n) is 5.55. The zero-order valence-electron chi connectivity index (χ0n) is 18.4. The number of aldehydes is 1. The molecule has 1 aliphatic rings. The lowest BCUT2D eigenvalue weighted by Gasteiger charge is -2.29. The highest BCUT2D eigenvalue weighted by molar-refractivity contribution is 6.34. The van der Waals surface area contributed by atoms with Gasteiger partial charge in [-0.15, -0.1) is 0 Å². The van der Waals surface area contributed by atoms with Crippen LogP contribution in [0, 0.1) is 11.6 Å². The Bertz CT molecular complexity index is 1160. The molecular weight excluding hydrogens is 452 g/mol. The van der Waals surface area contributed by atoms with Gasteiger partial charge in [-0.1, -0.05) is 41.9 Å². The SMILES string of the molecule is CNC[C@@]1(c2ccccc2)Cc2c(cc(F)c(Cl)c2-c2c(C=O)ccc(OC)c2F)O1.CO. The number of carbonyl (C=O) groups is 1. The largest absolute Gasteiger partial charge is 0.494 e. The Morgan fingerprint density at radius 1 is 1.18 bits per heavy atom. The van der Waals surface area contributed by atoms with Crippen LogP contribution in [0.3, 0.4) is 0 Å². The molecule has 0 radical (unpaired) electrons. The predicted octanol–water partition coefficient (Wildman–Crippen LogP) is 4.76. The van der Waals surface area contributed by atoms with Gasteiger partial charge in [-0.2, -0.15) is 0 Å². The fourth-order valence-electron chi connectivity index (χ4n) is 4.17. The van der Waals surface area contributed by atoms with Gasteiger partial charge in [0.05, 0.1) is 12.1 Å². The number of likely N-dealkylation sites (N-methyl/N-ethyl adjacent to an activating group) is 1. The number of methoxy groups -OCH3 is 1. The number of hydrogen-bond donors (Lipinski definition) is 2. The molecule has 1 aliphatic heterocycles. The molecule has 0 saturated heterocycles. The van der Waals surface area contributed by atoms with E-state index < -0.39 is 17.2 Å². The number of halogens is 3. The van der Waals surface area contributed by atoms with Gasteiger partial charge in [0.1, 0.15) is 11.6 Å². The quantitative estimate of drug-likeness (QED) is 0.503. The summed E-state index contributed by atoms with van der Waals surface area (Å²) < 4.78 is 41.5. The maximum atomic E-state index is 15.3. The highest BCUT2D eigenvalue weighted by Gasteiger charge is 2.43. The lowest BCUT2D eigenvalue weighted by molar-refractivity contribution is 0.0940. The summed E-state index contributed by atoms with van der Waals surface area (Å²) in [5, 5.41) is 9.85. The van der Waals surface area contributed by atoms with Gasteiger partial charge in [-0.05, 0) is 24.7 Å². The third kappa shape index (κ3) is 4.31. The number of carbonyl (C=O) groups excluding carboxylic acids is 1. The van der Waals surface area contributed by atoms with Gasteiger partial charge in [0, 0.05) is 48.4 Å². The fraction of sp³-hybridized carbons (Fsp3) is 0.240. The van der Waals surface area contributed by atoms with Crippen molar-refractivity contribution in [1.29, 1.82) is 0 Å². The first-order chi connectivity index (χ1) is 16.0. The molecule has 2 N–H and O–H groups in total. The Morgan fingerprint density at radius 3 is 2.48 bits per heavy atom. The van der Waals surface area contributed by atoms with E-state index in [4.69, 9.17) is 26.2 Å². The van der Waals surface area contributed by atoms with E-state index in [1.165, 1.54) is 25.3 Å². The second-order valence-electron chi connectivity index (χ2n) is 7.36. The van der Waals surface area contributed by atoms with Crippen LogP contribution in [-0.4, -0.2) is 39.2 Å². The monoisotopic (exact) mass is 475 g/mol. The fourth-order valence-corrected chi connectivity index (χ4v) is 4.43. The summed E-state index contributed by atoms with van der Waals surface area (Å²) in [5.41, 5.74) is 0.599. The van der Waals surface area contributed by atoms with Crippen LogP contribution in [0.15, 0.2) is 48.5 Å². The van der Waals surface area contributed by atoms with Crippen molar-refractivity contribution in [2.24, 2.45) is 0 Å². The molecule has 0 saturated carbocycles. The Morgan fingerprint density at radius 2 is 1.88 bits per heavy atom. The van der Waals surface area contributed by atoms with Gasteiger partial charge in [0.2, 0.25) is 0 Å². The maximum Gasteiger partial charge on any atom is 0.173 e. The molecule has 5 nitrogen and oxygen atoms in total. The van der Waals surface area contributed by atoms with Crippen LogP contribution in [0.1, 0.15) is 21.5 Å². The molecule has 3 aromatic carbocycles. The summed E-state index contributed by atoms with van der Waals surface area (Å²) in [7, 11) is 4.11. The van der Waals surface area contributed by atoms with Crippen molar-refractivity contribution in [2.75, 3.05) is 27.8 Å². The zero-order valence-corrected chi connectivity index (χ0v) is 19.2. The molecule has 0 bridgehead atoms. The summed E-state index contributed by atoms with van der Waals surface area (Å²) >= 11 is 6.35. The van der Waals surface area contributed by atoms with E-state index in [-0.39, 0.29) is 33.2 Å². The van der Waals surface area contributed by atoms with Gasteiger partial charge in [-0.3, -0.25) is 4.79 Å². The third-order valence-corrected chi connectivity index (χ3v) is 5.92. The van der Waals surface area contributed by atoms with Gasteiger partial charge in [-0.25, -0.2) is 8.78 Å². The molecule has 0 fully saturated rings. The molecule has 0 aliphatic carbocycles. The topological polar surface area (TPSA) is 67.8 Å². The van der Waals surface area contributed by atoms with Crippen molar-refractivity contribution in [3.05, 3.63) is 81.9 Å². The minimum absolute atomic E-state index is 0.0406. The van der Waals surface area contributed by atoms with E-state index in [1.807, 2.05) is 30.3 Å². The standard InChI is InChI=1S/C24H20ClF2NO3.CH4O/c1-28-13-24(15-6-4-3-5-7-15)11-16-19(31-24)10-17(26)22(25)21(16)20-14(12-29)8-9-18(30-2)23(20)27;1-2/h3-10,12,28H,11,13H2,1-2H3;2H,1H3/t24-;/m1./s1. The molecule has 33 heavy (non-hydrogen) atoms. The molecule has 0 unspecified atom stereocenters. The first-order valence-corrected chi connectivity index (χ1v) is 10.5. The van der Waals surface area contributed by atoms with E-state index in [0.717, 1.165) is 12.7 Å². The first kappa shape index (κ1) is 24.6. The van der Waals surface area contributed by atoms with E-state index in [9.17, 15) is 9.18 Å². The number of rotatable bonds is 6. The maximum absolute atomic E-state index is 15.3. The minimum atomic E-state index is -0.846. The van der Waals surface area contributed by atoms with Crippen LogP contribution in [0.4, 0.5) is 8.78 Å². The molecule has 0 spiro atoms. The van der Waals surface area contributed by atoms with Gasteiger partial charge < -0.3 is 19.9 Å². The lowest BCUT2D eigenvalue weighted by atomic mass is 9.85. The van der Waals surface area contributed by atoms with Crippen molar-refractivity contribution >= 4 is 17.9 Å². The van der Waals surface area contributed by atoms with Gasteiger partial charge in [0.25, 0.3) is 0 Å². The van der Waals surface area contributed by atoms with Gasteiger partial charge in [0.15, 0.2) is 23.5 Å². The zero-order chi connectivity index (χ0) is 24.2. The number of aliphatic hydroxyl groups is 1. The molecule has 1 atom stereocenters. The molecule has 4 rings (SSSR count). The van der Waals surface area contributed by atoms with Crippen molar-refractivity contribution in [3.8, 4) is 22.6 Å². The predicted molar refractivity (Wildman–Crippen MR) is 123 cm³/mol. The Balaban J connectivity index is 0.00000149. The molecule has 3 aromatic rings. The number of benzene rings is 3. The van der Waals surface area contributed by atoms with Crippen LogP contribution in [0.5, 0.6) is 11.5 Å². The summed E-state index contributed by atoms with van der Waals surface area (Å²) in [6, 6.07) is 13.5. The molecule has 8 heteroatoms. The van der Waals surface area contributed by atoms with E-state index in [2.05, 4.69) is 5.32 Å². The van der Waals surface area contributed by atoms with E-state index in [0.29, 0.717) is 24.8 Å². The first-order valence-electron chi connectivity index (χ1n) is 10.1. The summed E-state index contributed by atoms with van der Waals surface area (Å²) in [6.07, 6.45) is 0.816. The summed E-state index contributed by atoms with van der Waals surface area (Å²) in [4.78, 5) is 11.7. The molecule has 0 aromatic heterocycles. The Labute approximate surface area is 195 Å². The number of fused-ring (bicyclic) bond motifs is 1.